The molecule has 7 rings (SSSR count). The van der Waals surface area contributed by atoms with Crippen molar-refractivity contribution in [3.63, 3.8) is 0 Å². The first kappa shape index (κ1) is 47.2. The summed E-state index contributed by atoms with van der Waals surface area (Å²) in [6, 6.07) is 33.7. The van der Waals surface area contributed by atoms with Crippen molar-refractivity contribution < 1.29 is 33.3 Å². The van der Waals surface area contributed by atoms with Crippen LogP contribution in [0, 0.1) is 0 Å². The van der Waals surface area contributed by atoms with Gasteiger partial charge in [0.05, 0.1) is 28.8 Å². The van der Waals surface area contributed by atoms with Crippen molar-refractivity contribution in [3.8, 4) is 0 Å². The van der Waals surface area contributed by atoms with Crippen LogP contribution >= 0.6 is 0 Å². The molecule has 0 bridgehead atoms. The summed E-state index contributed by atoms with van der Waals surface area (Å²) in [5.41, 5.74) is 4.99. The number of aliphatic carboxylic acids is 1. The molecule has 2 saturated heterocycles. The summed E-state index contributed by atoms with van der Waals surface area (Å²) < 4.78 is 26.2. The molecule has 0 unspecified atom stereocenters. The third-order valence-electron chi connectivity index (χ3n) is 13.8. The second-order valence-corrected chi connectivity index (χ2v) is 19.6. The summed E-state index contributed by atoms with van der Waals surface area (Å²) in [5, 5.41) is 17.5. The first-order chi connectivity index (χ1) is 30.3. The lowest BCUT2D eigenvalue weighted by Gasteiger charge is -2.32. The molecule has 1 amide bonds. The molecule has 0 spiro atoms. The fraction of sp³-hybridized carbons (Fsp3) is 0.423. The summed E-state index contributed by atoms with van der Waals surface area (Å²) in [6.07, 6.45) is 0.735. The number of hydrogen-bond donors (Lipinski definition) is 2. The zero-order valence-corrected chi connectivity index (χ0v) is 39.3. The van der Waals surface area contributed by atoms with Crippen LogP contribution in [-0.2, 0) is 54.4 Å². The molecule has 5 aromatic carbocycles. The maximum Gasteiger partial charge on any atom is 0.495 e. The van der Waals surface area contributed by atoms with E-state index in [1.54, 1.807) is 6.92 Å². The summed E-state index contributed by atoms with van der Waals surface area (Å²) >= 11 is 0. The predicted molar refractivity (Wildman–Crippen MR) is 259 cm³/mol. The molecule has 2 aliphatic heterocycles. The van der Waals surface area contributed by atoms with E-state index in [2.05, 4.69) is 156 Å². The van der Waals surface area contributed by atoms with Crippen LogP contribution in [0.25, 0.3) is 21.5 Å². The Kier molecular flexibility index (Phi) is 14.0. The molecule has 2 fully saturated rings. The molecule has 0 aliphatic carbocycles. The van der Waals surface area contributed by atoms with Gasteiger partial charge in [-0.2, -0.15) is 0 Å². The molecule has 0 aromatic heterocycles. The van der Waals surface area contributed by atoms with Crippen LogP contribution in [0.2, 0.25) is 0 Å². The molecule has 12 heteroatoms. The van der Waals surface area contributed by atoms with Gasteiger partial charge in [0.2, 0.25) is 5.91 Å². The Balaban J connectivity index is 1.25. The Morgan fingerprint density at radius 3 is 1.31 bits per heavy atom. The maximum atomic E-state index is 12.5. The topological polar surface area (TPSA) is 110 Å². The molecule has 64 heavy (non-hydrogen) atoms. The van der Waals surface area contributed by atoms with Crippen molar-refractivity contribution >= 4 is 58.6 Å². The Bertz CT molecular complexity index is 2430. The number of nitrogens with zero attached hydrogens (tertiary/aromatic N) is 2. The first-order valence-electron chi connectivity index (χ1n) is 22.7. The van der Waals surface area contributed by atoms with Crippen LogP contribution in [0.3, 0.4) is 0 Å². The van der Waals surface area contributed by atoms with Crippen LogP contribution in [0.15, 0.2) is 109 Å². The summed E-state index contributed by atoms with van der Waals surface area (Å²) in [4.78, 5) is 29.3. The van der Waals surface area contributed by atoms with E-state index in [-0.39, 0.29) is 12.3 Å². The van der Waals surface area contributed by atoms with E-state index in [4.69, 9.17) is 18.6 Å². The predicted octanol–water partition coefficient (Wildman–Crippen LogP) is 8.15. The van der Waals surface area contributed by atoms with Gasteiger partial charge in [0, 0.05) is 51.4 Å². The number of carboxylic acid groups (broad SMARTS) is 1. The van der Waals surface area contributed by atoms with Gasteiger partial charge in [-0.3, -0.25) is 19.4 Å². The van der Waals surface area contributed by atoms with E-state index in [1.807, 2.05) is 18.2 Å². The van der Waals surface area contributed by atoms with Crippen molar-refractivity contribution in [2.75, 3.05) is 19.6 Å². The second kappa shape index (κ2) is 19.0. The third kappa shape index (κ3) is 10.2. The van der Waals surface area contributed by atoms with Gasteiger partial charge in [-0.15, -0.1) is 0 Å². The molecule has 2 N–H and O–H groups in total. The van der Waals surface area contributed by atoms with Crippen LogP contribution in [-0.4, -0.2) is 83.1 Å². The zero-order chi connectivity index (χ0) is 46.0. The highest BCUT2D eigenvalue weighted by Crippen LogP contribution is 2.39. The minimum atomic E-state index is -0.839. The molecule has 5 aromatic rings. The zero-order valence-electron chi connectivity index (χ0n) is 39.3. The van der Waals surface area contributed by atoms with Gasteiger partial charge in [-0.1, -0.05) is 104 Å². The highest BCUT2D eigenvalue weighted by molar-refractivity contribution is 6.63. The molecular formula is C52H65B2N3O7. The summed E-state index contributed by atoms with van der Waals surface area (Å²) in [6.45, 7) is 25.9. The number of carbonyl (C=O) groups excluding carboxylic acids is 1. The number of nitrogens with one attached hydrogen (secondary N) is 1. The van der Waals surface area contributed by atoms with E-state index in [1.165, 1.54) is 5.56 Å². The Morgan fingerprint density at radius 2 is 0.938 bits per heavy atom. The van der Waals surface area contributed by atoms with Crippen molar-refractivity contribution in [2.24, 2.45) is 0 Å². The van der Waals surface area contributed by atoms with E-state index >= 15 is 0 Å². The lowest BCUT2D eigenvalue weighted by atomic mass is 9.75. The number of amides is 1. The van der Waals surface area contributed by atoms with Gasteiger partial charge in [-0.05, 0) is 123 Å². The quantitative estimate of drug-likeness (QED) is 0.0391. The van der Waals surface area contributed by atoms with Crippen molar-refractivity contribution in [3.05, 3.63) is 131 Å². The standard InChI is InChI=1S/C52H65B2N3O7/c1-36(2)48(60)55-29-19-30-56(32-37-20-11-17-26-45(37)53-61-49(3,4)50(5,6)62-53)34-43-39-22-13-15-24-41(39)44(42-25-16-14-23-40(42)43)35-57(31-28-47(58)59)33-38-21-12-18-27-46(38)54-63-51(7,8)52(9,10)64-54/h11-18,20-27H,1,19,28-35H2,2-10H3,(H,55,60)(H,58,59). The largest absolute Gasteiger partial charge is 0.495 e. The van der Waals surface area contributed by atoms with Gasteiger partial charge < -0.3 is 29.0 Å². The van der Waals surface area contributed by atoms with E-state index in [0.717, 1.165) is 55.6 Å². The Hall–Kier alpha value is -4.81. The van der Waals surface area contributed by atoms with Gasteiger partial charge >= 0.3 is 20.2 Å². The van der Waals surface area contributed by atoms with Crippen LogP contribution in [0.1, 0.15) is 97.4 Å². The van der Waals surface area contributed by atoms with Gasteiger partial charge in [0.25, 0.3) is 0 Å². The molecule has 0 saturated carbocycles. The van der Waals surface area contributed by atoms with Crippen molar-refractivity contribution in [2.45, 2.75) is 124 Å². The SMILES string of the molecule is C=C(C)C(=O)NCCCN(Cc1ccccc1B1OC(C)(C)C(C)(C)O1)Cc1c2ccccc2c(CN(CCC(=O)O)Cc2ccccc2B2OC(C)(C)C(C)(C)O2)c2ccccc12. The molecule has 10 nitrogen and oxygen atoms in total. The average Bonchev–Trinajstić information content (AvgIpc) is 3.61. The molecular weight excluding hydrogens is 800 g/mol. The minimum Gasteiger partial charge on any atom is -0.481 e. The van der Waals surface area contributed by atoms with E-state index < -0.39 is 42.6 Å². The van der Waals surface area contributed by atoms with E-state index in [0.29, 0.717) is 51.4 Å². The monoisotopic (exact) mass is 866 g/mol. The molecule has 0 atom stereocenters. The molecule has 0 radical (unpaired) electrons. The third-order valence-corrected chi connectivity index (χ3v) is 13.8. The highest BCUT2D eigenvalue weighted by atomic mass is 16.7. The Labute approximate surface area is 380 Å². The van der Waals surface area contributed by atoms with Crippen LogP contribution in [0.4, 0.5) is 0 Å². The highest BCUT2D eigenvalue weighted by Gasteiger charge is 2.53. The van der Waals surface area contributed by atoms with Gasteiger partial charge in [0.1, 0.15) is 0 Å². The van der Waals surface area contributed by atoms with Crippen molar-refractivity contribution in [1.29, 1.82) is 0 Å². The minimum absolute atomic E-state index is 0.00178. The smallest absolute Gasteiger partial charge is 0.481 e. The van der Waals surface area contributed by atoms with Crippen LogP contribution in [0.5, 0.6) is 0 Å². The second-order valence-electron chi connectivity index (χ2n) is 19.6. The first-order valence-corrected chi connectivity index (χ1v) is 22.7. The number of carboxylic acids is 1. The summed E-state index contributed by atoms with van der Waals surface area (Å²) in [7, 11) is -1.05. The normalized spacial score (nSPS) is 17.5. The van der Waals surface area contributed by atoms with E-state index in [9.17, 15) is 14.7 Å². The Morgan fingerprint density at radius 1 is 0.578 bits per heavy atom. The molecule has 2 aliphatic rings. The lowest BCUT2D eigenvalue weighted by molar-refractivity contribution is -0.137. The number of fused-ring (bicyclic) bond motifs is 2. The number of hydrogen-bond acceptors (Lipinski definition) is 8. The van der Waals surface area contributed by atoms with Gasteiger partial charge in [0.15, 0.2) is 0 Å². The molecule has 2 heterocycles. The average molecular weight is 866 g/mol. The lowest BCUT2D eigenvalue weighted by Crippen LogP contribution is -2.41. The fourth-order valence-corrected chi connectivity index (χ4v) is 8.67. The maximum absolute atomic E-state index is 12.5. The van der Waals surface area contributed by atoms with Crippen molar-refractivity contribution in [1.82, 2.24) is 15.1 Å². The number of carbonyl (C=O) groups is 2. The number of benzene rings is 5. The summed E-state index contributed by atoms with van der Waals surface area (Å²) in [5.74, 6) is -0.979. The van der Waals surface area contributed by atoms with Gasteiger partial charge in [-0.25, -0.2) is 0 Å². The fourth-order valence-electron chi connectivity index (χ4n) is 8.67. The number of rotatable bonds is 18. The molecule has 336 valence electrons. The van der Waals surface area contributed by atoms with Crippen LogP contribution < -0.4 is 16.2 Å².